The number of amides is 2. The van der Waals surface area contributed by atoms with Crippen LogP contribution in [0.2, 0.25) is 0 Å². The fraction of sp³-hybridized carbons (Fsp3) is 0.471. The van der Waals surface area contributed by atoms with Crippen molar-refractivity contribution in [3.8, 4) is 11.5 Å². The van der Waals surface area contributed by atoms with Gasteiger partial charge in [0.25, 0.3) is 11.8 Å². The molecule has 138 valence electrons. The molecule has 0 aliphatic heterocycles. The van der Waals surface area contributed by atoms with Crippen molar-refractivity contribution in [1.29, 1.82) is 0 Å². The van der Waals surface area contributed by atoms with Crippen molar-refractivity contribution >= 4 is 17.8 Å². The Morgan fingerprint density at radius 1 is 1.12 bits per heavy atom. The van der Waals surface area contributed by atoms with Gasteiger partial charge >= 0.3 is 5.97 Å². The molecule has 8 nitrogen and oxygen atoms in total. The first kappa shape index (κ1) is 20.3. The number of carbonyl (C=O) groups excluding carboxylic acids is 2. The predicted octanol–water partition coefficient (Wildman–Crippen LogP) is 1.19. The molecular formula is C17H24N2O6. The Kier molecular flexibility index (Phi) is 7.71. The number of rotatable bonds is 9. The van der Waals surface area contributed by atoms with Crippen LogP contribution in [0.5, 0.6) is 11.5 Å². The van der Waals surface area contributed by atoms with Crippen LogP contribution >= 0.6 is 0 Å². The number of hydrogen-bond acceptors (Lipinski definition) is 5. The number of carboxylic acids is 1. The highest BCUT2D eigenvalue weighted by Gasteiger charge is 2.15. The van der Waals surface area contributed by atoms with Crippen molar-refractivity contribution in [3.63, 3.8) is 0 Å². The zero-order valence-electron chi connectivity index (χ0n) is 14.8. The van der Waals surface area contributed by atoms with Gasteiger partial charge in [0, 0.05) is 17.6 Å². The lowest BCUT2D eigenvalue weighted by atomic mass is 10.1. The summed E-state index contributed by atoms with van der Waals surface area (Å²) in [5, 5.41) is 14.0. The molecule has 1 aromatic rings. The largest absolute Gasteiger partial charge is 0.493 e. The number of benzene rings is 1. The highest BCUT2D eigenvalue weighted by atomic mass is 16.5. The van der Waals surface area contributed by atoms with Gasteiger partial charge in [0.05, 0.1) is 13.5 Å². The van der Waals surface area contributed by atoms with Crippen molar-refractivity contribution in [3.05, 3.63) is 23.8 Å². The van der Waals surface area contributed by atoms with Crippen molar-refractivity contribution in [2.45, 2.75) is 39.3 Å². The highest BCUT2D eigenvalue weighted by Crippen LogP contribution is 2.28. The lowest BCUT2D eigenvalue weighted by Gasteiger charge is -2.15. The number of carboxylic acid groups (broad SMARTS) is 1. The van der Waals surface area contributed by atoms with Crippen LogP contribution in [0.15, 0.2) is 18.2 Å². The lowest BCUT2D eigenvalue weighted by molar-refractivity contribution is -0.137. The van der Waals surface area contributed by atoms with E-state index in [1.807, 2.05) is 13.8 Å². The molecule has 0 aliphatic carbocycles. The van der Waals surface area contributed by atoms with E-state index in [0.717, 1.165) is 0 Å². The van der Waals surface area contributed by atoms with Crippen LogP contribution in [0.1, 0.15) is 37.6 Å². The van der Waals surface area contributed by atoms with Crippen LogP contribution in [0.4, 0.5) is 0 Å². The average molecular weight is 352 g/mol. The van der Waals surface area contributed by atoms with E-state index >= 15 is 0 Å². The minimum atomic E-state index is -0.992. The number of methoxy groups -OCH3 is 1. The van der Waals surface area contributed by atoms with E-state index in [2.05, 4.69) is 10.6 Å². The standard InChI is InChI=1S/C17H24N2O6/c1-10(2)18-15(20)9-25-13-6-5-12(8-14(13)24-4)17(23)19-11(3)7-16(21)22/h5-6,8,10-11H,7,9H2,1-4H3,(H,18,20)(H,19,23)(H,21,22). The minimum Gasteiger partial charge on any atom is -0.493 e. The summed E-state index contributed by atoms with van der Waals surface area (Å²) in [6, 6.07) is 4.01. The Balaban J connectivity index is 2.75. The van der Waals surface area contributed by atoms with Gasteiger partial charge in [-0.2, -0.15) is 0 Å². The van der Waals surface area contributed by atoms with Gasteiger partial charge in [0.15, 0.2) is 18.1 Å². The third kappa shape index (κ3) is 7.11. The van der Waals surface area contributed by atoms with Gasteiger partial charge in [-0.05, 0) is 39.0 Å². The number of carbonyl (C=O) groups is 3. The van der Waals surface area contributed by atoms with Crippen LogP contribution in [-0.2, 0) is 9.59 Å². The topological polar surface area (TPSA) is 114 Å². The Labute approximate surface area is 146 Å². The number of aliphatic carboxylic acids is 1. The van der Waals surface area contributed by atoms with Gasteiger partial charge in [-0.3, -0.25) is 14.4 Å². The first-order valence-electron chi connectivity index (χ1n) is 7.85. The maximum Gasteiger partial charge on any atom is 0.305 e. The molecule has 2 amide bonds. The Morgan fingerprint density at radius 2 is 1.80 bits per heavy atom. The molecular weight excluding hydrogens is 328 g/mol. The molecule has 0 saturated heterocycles. The molecule has 3 N–H and O–H groups in total. The summed E-state index contributed by atoms with van der Waals surface area (Å²) >= 11 is 0. The summed E-state index contributed by atoms with van der Waals surface area (Å²) in [5.41, 5.74) is 0.299. The van der Waals surface area contributed by atoms with Crippen LogP contribution in [-0.4, -0.2) is 48.7 Å². The number of hydrogen-bond donors (Lipinski definition) is 3. The van der Waals surface area contributed by atoms with Gasteiger partial charge in [0.2, 0.25) is 0 Å². The second-order valence-electron chi connectivity index (χ2n) is 5.85. The normalized spacial score (nSPS) is 11.6. The zero-order valence-corrected chi connectivity index (χ0v) is 14.8. The third-order valence-electron chi connectivity index (χ3n) is 3.09. The van der Waals surface area contributed by atoms with Crippen molar-refractivity contribution in [2.75, 3.05) is 13.7 Å². The maximum absolute atomic E-state index is 12.1. The molecule has 1 aromatic carbocycles. The molecule has 0 spiro atoms. The van der Waals surface area contributed by atoms with Crippen LogP contribution in [0.25, 0.3) is 0 Å². The molecule has 0 saturated carbocycles. The van der Waals surface area contributed by atoms with Gasteiger partial charge in [0.1, 0.15) is 0 Å². The molecule has 1 atom stereocenters. The van der Waals surface area contributed by atoms with Crippen LogP contribution in [0.3, 0.4) is 0 Å². The third-order valence-corrected chi connectivity index (χ3v) is 3.09. The second kappa shape index (κ2) is 9.51. The van der Waals surface area contributed by atoms with E-state index in [4.69, 9.17) is 14.6 Å². The lowest BCUT2D eigenvalue weighted by Crippen LogP contribution is -2.34. The molecule has 25 heavy (non-hydrogen) atoms. The molecule has 0 aliphatic rings. The van der Waals surface area contributed by atoms with E-state index in [0.29, 0.717) is 17.1 Å². The van der Waals surface area contributed by atoms with Crippen molar-refractivity contribution in [2.24, 2.45) is 0 Å². The van der Waals surface area contributed by atoms with Gasteiger partial charge in [-0.25, -0.2) is 0 Å². The summed E-state index contributed by atoms with van der Waals surface area (Å²) in [7, 11) is 1.42. The van der Waals surface area contributed by atoms with Gasteiger partial charge < -0.3 is 25.2 Å². The van der Waals surface area contributed by atoms with Crippen molar-refractivity contribution < 1.29 is 29.0 Å². The summed E-state index contributed by atoms with van der Waals surface area (Å²) in [5.74, 6) is -1.04. The van der Waals surface area contributed by atoms with E-state index in [1.165, 1.54) is 25.3 Å². The summed E-state index contributed by atoms with van der Waals surface area (Å²) in [6.45, 7) is 5.12. The quantitative estimate of drug-likeness (QED) is 0.615. The fourth-order valence-electron chi connectivity index (χ4n) is 2.06. The van der Waals surface area contributed by atoms with Crippen molar-refractivity contribution in [1.82, 2.24) is 10.6 Å². The molecule has 0 heterocycles. The zero-order chi connectivity index (χ0) is 19.0. The van der Waals surface area contributed by atoms with Gasteiger partial charge in [-0.1, -0.05) is 0 Å². The molecule has 8 heteroatoms. The Morgan fingerprint density at radius 3 is 2.36 bits per heavy atom. The predicted molar refractivity (Wildman–Crippen MR) is 90.9 cm³/mol. The summed E-state index contributed by atoms with van der Waals surface area (Å²) < 4.78 is 10.6. The average Bonchev–Trinajstić information content (AvgIpc) is 2.51. The monoisotopic (exact) mass is 352 g/mol. The first-order valence-corrected chi connectivity index (χ1v) is 7.85. The Hall–Kier alpha value is -2.77. The van der Waals surface area contributed by atoms with Gasteiger partial charge in [-0.15, -0.1) is 0 Å². The first-order chi connectivity index (χ1) is 11.7. The molecule has 1 rings (SSSR count). The molecule has 0 bridgehead atoms. The molecule has 1 unspecified atom stereocenters. The maximum atomic E-state index is 12.1. The van der Waals surface area contributed by atoms with E-state index < -0.39 is 17.9 Å². The van der Waals surface area contributed by atoms with Crippen LogP contribution < -0.4 is 20.1 Å². The molecule has 0 radical (unpaired) electrons. The smallest absolute Gasteiger partial charge is 0.305 e. The fourth-order valence-corrected chi connectivity index (χ4v) is 2.06. The minimum absolute atomic E-state index is 0.0110. The van der Waals surface area contributed by atoms with E-state index in [1.54, 1.807) is 6.92 Å². The highest BCUT2D eigenvalue weighted by molar-refractivity contribution is 5.95. The number of ether oxygens (including phenoxy) is 2. The molecule has 0 aromatic heterocycles. The summed E-state index contributed by atoms with van der Waals surface area (Å²) in [4.78, 5) is 34.4. The number of nitrogens with one attached hydrogen (secondary N) is 2. The van der Waals surface area contributed by atoms with E-state index in [-0.39, 0.29) is 25.0 Å². The second-order valence-corrected chi connectivity index (χ2v) is 5.85. The molecule has 0 fully saturated rings. The summed E-state index contributed by atoms with van der Waals surface area (Å²) in [6.07, 6.45) is -0.172. The van der Waals surface area contributed by atoms with E-state index in [9.17, 15) is 14.4 Å². The Bertz CT molecular complexity index is 630. The SMILES string of the molecule is COc1cc(C(=O)NC(C)CC(=O)O)ccc1OCC(=O)NC(C)C. The van der Waals surface area contributed by atoms with Crippen LogP contribution in [0, 0.1) is 0 Å².